The standard InChI is InChI=1S/C21H25N5O3S/c1-13-5-7-14(8-6-13)18(27)23-20-22-17-16(30-20)15(24-26(17)21(2,3)4)19(28)25-9-11-29-12-10-25/h5-8H,9-12H2,1-4H3,(H,22,23,27). The van der Waals surface area contributed by atoms with Gasteiger partial charge in [0.15, 0.2) is 16.5 Å². The van der Waals surface area contributed by atoms with E-state index in [4.69, 9.17) is 4.74 Å². The molecule has 158 valence electrons. The van der Waals surface area contributed by atoms with E-state index >= 15 is 0 Å². The largest absolute Gasteiger partial charge is 0.378 e. The molecule has 1 aliphatic rings. The maximum Gasteiger partial charge on any atom is 0.276 e. The molecule has 1 N–H and O–H groups in total. The molecule has 0 aliphatic carbocycles. The molecule has 1 aromatic carbocycles. The number of morpholine rings is 1. The molecular formula is C21H25N5O3S. The van der Waals surface area contributed by atoms with Gasteiger partial charge in [-0.1, -0.05) is 29.0 Å². The molecule has 0 bridgehead atoms. The van der Waals surface area contributed by atoms with Gasteiger partial charge in [-0.05, 0) is 39.8 Å². The molecule has 4 rings (SSSR count). The van der Waals surface area contributed by atoms with Crippen LogP contribution in [-0.4, -0.2) is 57.8 Å². The van der Waals surface area contributed by atoms with Crippen LogP contribution in [-0.2, 0) is 10.3 Å². The minimum atomic E-state index is -0.367. The molecule has 2 aromatic heterocycles. The van der Waals surface area contributed by atoms with E-state index in [1.54, 1.807) is 21.7 Å². The number of nitrogens with one attached hydrogen (secondary N) is 1. The molecule has 9 heteroatoms. The van der Waals surface area contributed by atoms with Gasteiger partial charge in [0.05, 0.1) is 18.8 Å². The molecule has 30 heavy (non-hydrogen) atoms. The number of aryl methyl sites for hydroxylation is 1. The van der Waals surface area contributed by atoms with E-state index in [1.807, 2.05) is 39.8 Å². The Morgan fingerprint density at radius 1 is 1.13 bits per heavy atom. The first kappa shape index (κ1) is 20.5. The first-order chi connectivity index (χ1) is 14.2. The Balaban J connectivity index is 1.69. The Hall–Kier alpha value is -2.78. The predicted molar refractivity (Wildman–Crippen MR) is 116 cm³/mol. The molecule has 0 spiro atoms. The second kappa shape index (κ2) is 7.81. The van der Waals surface area contributed by atoms with Crippen LogP contribution >= 0.6 is 11.3 Å². The summed E-state index contributed by atoms with van der Waals surface area (Å²) in [5, 5.41) is 7.91. The number of aromatic nitrogens is 3. The van der Waals surface area contributed by atoms with Crippen molar-refractivity contribution in [1.29, 1.82) is 0 Å². The minimum Gasteiger partial charge on any atom is -0.378 e. The Bertz CT molecular complexity index is 1090. The Kier molecular flexibility index (Phi) is 5.33. The normalized spacial score (nSPS) is 14.9. The van der Waals surface area contributed by atoms with E-state index in [0.29, 0.717) is 53.0 Å². The molecule has 0 unspecified atom stereocenters. The zero-order chi connectivity index (χ0) is 21.5. The number of benzene rings is 1. The van der Waals surface area contributed by atoms with E-state index in [0.717, 1.165) is 5.56 Å². The molecule has 0 saturated carbocycles. The van der Waals surface area contributed by atoms with Gasteiger partial charge in [-0.2, -0.15) is 10.1 Å². The van der Waals surface area contributed by atoms with Crippen LogP contribution in [0.1, 0.15) is 47.2 Å². The molecule has 3 heterocycles. The summed E-state index contributed by atoms with van der Waals surface area (Å²) in [5.74, 6) is -0.367. The Morgan fingerprint density at radius 3 is 2.43 bits per heavy atom. The molecule has 1 saturated heterocycles. The Labute approximate surface area is 178 Å². The zero-order valence-electron chi connectivity index (χ0n) is 17.6. The van der Waals surface area contributed by atoms with Crippen LogP contribution in [0.4, 0.5) is 5.13 Å². The van der Waals surface area contributed by atoms with Crippen LogP contribution < -0.4 is 5.32 Å². The Morgan fingerprint density at radius 2 is 1.80 bits per heavy atom. The number of amides is 2. The van der Waals surface area contributed by atoms with Crippen molar-refractivity contribution >= 4 is 38.6 Å². The molecule has 1 fully saturated rings. The highest BCUT2D eigenvalue weighted by atomic mass is 32.1. The number of nitrogens with zero attached hydrogens (tertiary/aromatic N) is 4. The van der Waals surface area contributed by atoms with Crippen molar-refractivity contribution in [3.05, 3.63) is 41.1 Å². The summed E-state index contributed by atoms with van der Waals surface area (Å²) >= 11 is 1.27. The van der Waals surface area contributed by atoms with Gasteiger partial charge in [0, 0.05) is 18.7 Å². The molecule has 0 atom stereocenters. The summed E-state index contributed by atoms with van der Waals surface area (Å²) < 4.78 is 7.79. The van der Waals surface area contributed by atoms with Crippen LogP contribution in [0.3, 0.4) is 0 Å². The third kappa shape index (κ3) is 3.95. The monoisotopic (exact) mass is 427 g/mol. The highest BCUT2D eigenvalue weighted by Crippen LogP contribution is 2.33. The van der Waals surface area contributed by atoms with Gasteiger partial charge in [0.1, 0.15) is 4.70 Å². The highest BCUT2D eigenvalue weighted by Gasteiger charge is 2.30. The second-order valence-corrected chi connectivity index (χ2v) is 9.33. The molecular weight excluding hydrogens is 402 g/mol. The van der Waals surface area contributed by atoms with Crippen LogP contribution in [0.15, 0.2) is 24.3 Å². The van der Waals surface area contributed by atoms with Crippen molar-refractivity contribution in [2.24, 2.45) is 0 Å². The lowest BCUT2D eigenvalue weighted by atomic mass is 10.1. The molecule has 3 aromatic rings. The fourth-order valence-electron chi connectivity index (χ4n) is 3.25. The zero-order valence-corrected chi connectivity index (χ0v) is 18.4. The number of ether oxygens (including phenoxy) is 1. The smallest absolute Gasteiger partial charge is 0.276 e. The maximum atomic E-state index is 13.1. The van der Waals surface area contributed by atoms with Gasteiger partial charge >= 0.3 is 0 Å². The van der Waals surface area contributed by atoms with E-state index in [2.05, 4.69) is 15.4 Å². The number of anilines is 1. The fraction of sp³-hybridized carbons (Fsp3) is 0.429. The molecule has 0 radical (unpaired) electrons. The summed E-state index contributed by atoms with van der Waals surface area (Å²) in [7, 11) is 0. The summed E-state index contributed by atoms with van der Waals surface area (Å²) in [6, 6.07) is 7.35. The number of hydrogen-bond acceptors (Lipinski definition) is 6. The third-order valence-electron chi connectivity index (χ3n) is 4.90. The summed E-state index contributed by atoms with van der Waals surface area (Å²) in [5.41, 5.74) is 2.25. The summed E-state index contributed by atoms with van der Waals surface area (Å²) in [6.07, 6.45) is 0. The maximum absolute atomic E-state index is 13.1. The molecule has 1 aliphatic heterocycles. The second-order valence-electron chi connectivity index (χ2n) is 8.33. The van der Waals surface area contributed by atoms with Gasteiger partial charge in [-0.25, -0.2) is 4.68 Å². The van der Waals surface area contributed by atoms with E-state index in [-0.39, 0.29) is 17.4 Å². The topological polar surface area (TPSA) is 89.3 Å². The number of thiazole rings is 1. The number of rotatable bonds is 3. The summed E-state index contributed by atoms with van der Waals surface area (Å²) in [4.78, 5) is 32.1. The number of carbonyl (C=O) groups excluding carboxylic acids is 2. The van der Waals surface area contributed by atoms with Crippen molar-refractivity contribution in [3.8, 4) is 0 Å². The quantitative estimate of drug-likeness (QED) is 0.693. The molecule has 2 amide bonds. The van der Waals surface area contributed by atoms with Crippen LogP contribution in [0.25, 0.3) is 10.3 Å². The van der Waals surface area contributed by atoms with Crippen molar-refractivity contribution in [3.63, 3.8) is 0 Å². The lowest BCUT2D eigenvalue weighted by molar-refractivity contribution is 0.0299. The highest BCUT2D eigenvalue weighted by molar-refractivity contribution is 7.22. The van der Waals surface area contributed by atoms with Crippen molar-refractivity contribution in [2.75, 3.05) is 31.6 Å². The average molecular weight is 428 g/mol. The fourth-order valence-corrected chi connectivity index (χ4v) is 4.17. The molecule has 8 nitrogen and oxygen atoms in total. The van der Waals surface area contributed by atoms with Crippen molar-refractivity contribution in [2.45, 2.75) is 33.2 Å². The minimum absolute atomic E-state index is 0.133. The van der Waals surface area contributed by atoms with Crippen LogP contribution in [0, 0.1) is 6.92 Å². The predicted octanol–water partition coefficient (Wildman–Crippen LogP) is 3.28. The first-order valence-electron chi connectivity index (χ1n) is 9.89. The van der Waals surface area contributed by atoms with Gasteiger partial charge in [0.2, 0.25) is 0 Å². The van der Waals surface area contributed by atoms with E-state index in [1.165, 1.54) is 11.3 Å². The van der Waals surface area contributed by atoms with Crippen LogP contribution in [0.2, 0.25) is 0 Å². The number of carbonyl (C=O) groups is 2. The number of hydrogen-bond donors (Lipinski definition) is 1. The van der Waals surface area contributed by atoms with Crippen molar-refractivity contribution < 1.29 is 14.3 Å². The van der Waals surface area contributed by atoms with Crippen molar-refractivity contribution in [1.82, 2.24) is 19.7 Å². The first-order valence-corrected chi connectivity index (χ1v) is 10.7. The van der Waals surface area contributed by atoms with E-state index < -0.39 is 0 Å². The lowest BCUT2D eigenvalue weighted by Gasteiger charge is -2.26. The van der Waals surface area contributed by atoms with Gasteiger partial charge in [-0.15, -0.1) is 0 Å². The van der Waals surface area contributed by atoms with Gasteiger partial charge in [0.25, 0.3) is 11.8 Å². The lowest BCUT2D eigenvalue weighted by Crippen LogP contribution is -2.41. The summed E-state index contributed by atoms with van der Waals surface area (Å²) in [6.45, 7) is 10.1. The number of fused-ring (bicyclic) bond motifs is 1. The third-order valence-corrected chi connectivity index (χ3v) is 5.86. The van der Waals surface area contributed by atoms with Crippen LogP contribution in [0.5, 0.6) is 0 Å². The van der Waals surface area contributed by atoms with E-state index in [9.17, 15) is 9.59 Å². The average Bonchev–Trinajstić information content (AvgIpc) is 3.26. The van der Waals surface area contributed by atoms with Gasteiger partial charge < -0.3 is 9.64 Å². The van der Waals surface area contributed by atoms with Gasteiger partial charge in [-0.3, -0.25) is 14.9 Å². The SMILES string of the molecule is Cc1ccc(C(=O)Nc2nc3c(s2)c(C(=O)N2CCOCC2)nn3C(C)(C)C)cc1.